The summed E-state index contributed by atoms with van der Waals surface area (Å²) in [5.41, 5.74) is 4.04. The molecular weight excluding hydrogens is 374 g/mol. The van der Waals surface area contributed by atoms with Crippen molar-refractivity contribution >= 4 is 11.9 Å². The fourth-order valence-corrected chi connectivity index (χ4v) is 3.10. The van der Waals surface area contributed by atoms with Gasteiger partial charge in [0.1, 0.15) is 11.5 Å². The van der Waals surface area contributed by atoms with Crippen LogP contribution >= 0.6 is 0 Å². The molecule has 0 radical (unpaired) electrons. The molecule has 0 unspecified atom stereocenters. The minimum atomic E-state index is -0.107. The Morgan fingerprint density at radius 1 is 1.07 bits per heavy atom. The van der Waals surface area contributed by atoms with Crippen molar-refractivity contribution in [3.63, 3.8) is 0 Å². The SMILES string of the molecule is COc1ccc2c(c1)O/C(=C\c1cc[n+](Cc3ccccc3C)cc1)C2=O.[Cl-]. The van der Waals surface area contributed by atoms with Crippen molar-refractivity contribution in [1.29, 1.82) is 0 Å². The van der Waals surface area contributed by atoms with Crippen LogP contribution in [-0.2, 0) is 6.54 Å². The van der Waals surface area contributed by atoms with Crippen LogP contribution in [0.2, 0.25) is 0 Å². The van der Waals surface area contributed by atoms with Gasteiger partial charge in [-0.1, -0.05) is 24.3 Å². The van der Waals surface area contributed by atoms with Crippen molar-refractivity contribution in [2.24, 2.45) is 0 Å². The Morgan fingerprint density at radius 3 is 2.54 bits per heavy atom. The van der Waals surface area contributed by atoms with Crippen LogP contribution < -0.4 is 26.4 Å². The smallest absolute Gasteiger partial charge is 0.231 e. The van der Waals surface area contributed by atoms with Crippen LogP contribution in [0.3, 0.4) is 0 Å². The summed E-state index contributed by atoms with van der Waals surface area (Å²) in [6.07, 6.45) is 5.79. The molecular formula is C23H20ClNO3. The molecule has 142 valence electrons. The van der Waals surface area contributed by atoms with Crippen molar-refractivity contribution in [1.82, 2.24) is 0 Å². The molecule has 0 saturated heterocycles. The number of aryl methyl sites for hydroxylation is 1. The topological polar surface area (TPSA) is 39.4 Å². The number of nitrogens with zero attached hydrogens (tertiary/aromatic N) is 1. The Labute approximate surface area is 170 Å². The van der Waals surface area contributed by atoms with Crippen LogP contribution in [0, 0.1) is 6.92 Å². The first-order valence-corrected chi connectivity index (χ1v) is 8.80. The average Bonchev–Trinajstić information content (AvgIpc) is 3.00. The Kier molecular flexibility index (Phi) is 5.81. The highest BCUT2D eigenvalue weighted by molar-refractivity contribution is 6.14. The highest BCUT2D eigenvalue weighted by atomic mass is 35.5. The quantitative estimate of drug-likeness (QED) is 0.489. The number of halogens is 1. The van der Waals surface area contributed by atoms with Crippen LogP contribution in [-0.4, -0.2) is 12.9 Å². The lowest BCUT2D eigenvalue weighted by molar-refractivity contribution is -0.688. The summed E-state index contributed by atoms with van der Waals surface area (Å²) in [4.78, 5) is 12.5. The summed E-state index contributed by atoms with van der Waals surface area (Å²) < 4.78 is 13.0. The number of carbonyl (C=O) groups excluding carboxylic acids is 1. The molecule has 0 amide bonds. The van der Waals surface area contributed by atoms with E-state index < -0.39 is 0 Å². The molecule has 1 aliphatic heterocycles. The molecule has 4 rings (SSSR count). The molecule has 1 aromatic heterocycles. The molecule has 3 aromatic rings. The molecule has 0 atom stereocenters. The zero-order chi connectivity index (χ0) is 18.8. The lowest BCUT2D eigenvalue weighted by atomic mass is 10.1. The number of benzene rings is 2. The van der Waals surface area contributed by atoms with Gasteiger partial charge in [-0.15, -0.1) is 0 Å². The molecule has 4 nitrogen and oxygen atoms in total. The molecule has 0 N–H and O–H groups in total. The lowest BCUT2D eigenvalue weighted by Crippen LogP contribution is -3.00. The largest absolute Gasteiger partial charge is 1.00 e. The maximum absolute atomic E-state index is 12.5. The molecule has 5 heteroatoms. The number of rotatable bonds is 4. The first-order valence-electron chi connectivity index (χ1n) is 8.80. The van der Waals surface area contributed by atoms with Crippen LogP contribution in [0.15, 0.2) is 72.8 Å². The van der Waals surface area contributed by atoms with Crippen molar-refractivity contribution in [2.75, 3.05) is 7.11 Å². The summed E-state index contributed by atoms with van der Waals surface area (Å²) in [5.74, 6) is 1.43. The van der Waals surface area contributed by atoms with Gasteiger partial charge in [-0.3, -0.25) is 4.79 Å². The third kappa shape index (κ3) is 3.92. The zero-order valence-corrected chi connectivity index (χ0v) is 16.4. The van der Waals surface area contributed by atoms with Gasteiger partial charge >= 0.3 is 0 Å². The number of carbonyl (C=O) groups is 1. The van der Waals surface area contributed by atoms with E-state index in [9.17, 15) is 4.79 Å². The molecule has 2 aromatic carbocycles. The van der Waals surface area contributed by atoms with E-state index in [-0.39, 0.29) is 18.2 Å². The van der Waals surface area contributed by atoms with Crippen molar-refractivity contribution in [2.45, 2.75) is 13.5 Å². The van der Waals surface area contributed by atoms with Crippen LogP contribution in [0.25, 0.3) is 6.08 Å². The Morgan fingerprint density at radius 2 is 1.82 bits per heavy atom. The Hall–Kier alpha value is -3.11. The van der Waals surface area contributed by atoms with Crippen LogP contribution in [0.1, 0.15) is 27.0 Å². The van der Waals surface area contributed by atoms with E-state index in [0.717, 1.165) is 12.1 Å². The first kappa shape index (κ1) is 19.6. The second kappa shape index (κ2) is 8.28. The van der Waals surface area contributed by atoms with Crippen molar-refractivity contribution in [3.8, 4) is 11.5 Å². The van der Waals surface area contributed by atoms with Gasteiger partial charge in [0.25, 0.3) is 0 Å². The number of ketones is 1. The number of allylic oxidation sites excluding steroid dienone is 1. The number of aromatic nitrogens is 1. The summed E-state index contributed by atoms with van der Waals surface area (Å²) in [5, 5.41) is 0. The highest BCUT2D eigenvalue weighted by Gasteiger charge is 2.27. The molecule has 0 fully saturated rings. The van der Waals surface area contributed by atoms with Gasteiger partial charge in [0.15, 0.2) is 24.7 Å². The van der Waals surface area contributed by atoms with Gasteiger partial charge in [0.2, 0.25) is 5.78 Å². The number of hydrogen-bond acceptors (Lipinski definition) is 3. The Balaban J connectivity index is 0.00000225. The summed E-state index contributed by atoms with van der Waals surface area (Å²) in [6.45, 7) is 2.93. The van der Waals surface area contributed by atoms with E-state index in [1.165, 1.54) is 11.1 Å². The van der Waals surface area contributed by atoms with Gasteiger partial charge in [0, 0.05) is 23.8 Å². The van der Waals surface area contributed by atoms with Gasteiger partial charge in [0.05, 0.1) is 12.7 Å². The number of methoxy groups -OCH3 is 1. The third-order valence-corrected chi connectivity index (χ3v) is 4.71. The minimum Gasteiger partial charge on any atom is -1.00 e. The highest BCUT2D eigenvalue weighted by Crippen LogP contribution is 2.34. The standard InChI is InChI=1S/C23H20NO3.ClH/c1-16-5-3-4-6-18(16)15-24-11-9-17(10-12-24)13-22-23(25)20-8-7-19(26-2)14-21(20)27-22;/h3-14H,15H2,1-2H3;1H/q+1;/p-1/b22-13-;. The normalized spacial score (nSPS) is 13.6. The first-order chi connectivity index (χ1) is 13.1. The lowest BCUT2D eigenvalue weighted by Gasteiger charge is -2.02. The van der Waals surface area contributed by atoms with Crippen LogP contribution in [0.5, 0.6) is 11.5 Å². The summed E-state index contributed by atoms with van der Waals surface area (Å²) in [6, 6.07) is 17.5. The van der Waals surface area contributed by atoms with E-state index >= 15 is 0 Å². The monoisotopic (exact) mass is 393 g/mol. The number of hydrogen-bond donors (Lipinski definition) is 0. The number of fused-ring (bicyclic) bond motifs is 1. The molecule has 0 saturated carbocycles. The second-order valence-electron chi connectivity index (χ2n) is 6.53. The summed E-state index contributed by atoms with van der Waals surface area (Å²) in [7, 11) is 1.59. The molecule has 0 spiro atoms. The minimum absolute atomic E-state index is 0. The molecule has 28 heavy (non-hydrogen) atoms. The summed E-state index contributed by atoms with van der Waals surface area (Å²) >= 11 is 0. The van der Waals surface area contributed by atoms with E-state index in [4.69, 9.17) is 9.47 Å². The molecule has 0 aliphatic carbocycles. The van der Waals surface area contributed by atoms with Crippen molar-refractivity contribution < 1.29 is 31.2 Å². The second-order valence-corrected chi connectivity index (χ2v) is 6.53. The number of pyridine rings is 1. The molecule has 0 bridgehead atoms. The van der Waals surface area contributed by atoms with E-state index in [0.29, 0.717) is 22.8 Å². The maximum atomic E-state index is 12.5. The van der Waals surface area contributed by atoms with Gasteiger partial charge < -0.3 is 21.9 Å². The number of Topliss-reactive ketones (excluding diaryl/α,β-unsaturated/α-hetero) is 1. The van der Waals surface area contributed by atoms with Crippen LogP contribution in [0.4, 0.5) is 0 Å². The predicted octanol–water partition coefficient (Wildman–Crippen LogP) is 0.960. The Bertz CT molecular complexity index is 1040. The van der Waals surface area contributed by atoms with E-state index in [2.05, 4.69) is 29.7 Å². The zero-order valence-electron chi connectivity index (χ0n) is 15.7. The fourth-order valence-electron chi connectivity index (χ4n) is 3.10. The average molecular weight is 394 g/mol. The van der Waals surface area contributed by atoms with Gasteiger partial charge in [-0.2, -0.15) is 0 Å². The number of ether oxygens (including phenoxy) is 2. The fraction of sp³-hybridized carbons (Fsp3) is 0.130. The maximum Gasteiger partial charge on any atom is 0.231 e. The van der Waals surface area contributed by atoms with Gasteiger partial charge in [-0.05, 0) is 36.3 Å². The third-order valence-electron chi connectivity index (χ3n) is 4.71. The molecule has 2 heterocycles. The predicted molar refractivity (Wildman–Crippen MR) is 103 cm³/mol. The van der Waals surface area contributed by atoms with E-state index in [1.807, 2.05) is 30.6 Å². The van der Waals surface area contributed by atoms with Gasteiger partial charge in [-0.25, -0.2) is 4.57 Å². The molecule has 1 aliphatic rings. The van der Waals surface area contributed by atoms with E-state index in [1.54, 1.807) is 31.4 Å². The van der Waals surface area contributed by atoms with Crippen molar-refractivity contribution in [3.05, 3.63) is 95.0 Å².